The first kappa shape index (κ1) is 24.6. The maximum Gasteiger partial charge on any atom is 0.317 e. The number of anilines is 1. The molecule has 2 aromatic carbocycles. The summed E-state index contributed by atoms with van der Waals surface area (Å²) in [6.45, 7) is 5.27. The molecule has 0 bridgehead atoms. The predicted molar refractivity (Wildman–Crippen MR) is 123 cm³/mol. The summed E-state index contributed by atoms with van der Waals surface area (Å²) in [5.41, 5.74) is 2.65. The van der Waals surface area contributed by atoms with Gasteiger partial charge in [0.2, 0.25) is 5.16 Å². The van der Waals surface area contributed by atoms with Gasteiger partial charge in [-0.2, -0.15) is 4.68 Å². The third-order valence-corrected chi connectivity index (χ3v) is 5.57. The first-order valence-electron chi connectivity index (χ1n) is 10.0. The summed E-state index contributed by atoms with van der Waals surface area (Å²) in [6, 6.07) is 9.63. The Kier molecular flexibility index (Phi) is 7.79. The SMILES string of the molecule is COc1ccc([N+](=O)[O-])cc1NC(=O)[C@@H](C)OC(=O)CSc1nnnn1-c1cc(C)ccc1C. The number of aryl methyl sites for hydroxylation is 2. The van der Waals surface area contributed by atoms with Crippen molar-refractivity contribution in [2.75, 3.05) is 18.2 Å². The van der Waals surface area contributed by atoms with Gasteiger partial charge in [0, 0.05) is 12.1 Å². The summed E-state index contributed by atoms with van der Waals surface area (Å²) < 4.78 is 11.8. The van der Waals surface area contributed by atoms with Crippen LogP contribution in [0.3, 0.4) is 0 Å². The van der Waals surface area contributed by atoms with Gasteiger partial charge in [-0.1, -0.05) is 23.9 Å². The van der Waals surface area contributed by atoms with Crippen LogP contribution in [0.25, 0.3) is 5.69 Å². The fraction of sp³-hybridized carbons (Fsp3) is 0.286. The van der Waals surface area contributed by atoms with Crippen molar-refractivity contribution in [3.05, 3.63) is 57.6 Å². The summed E-state index contributed by atoms with van der Waals surface area (Å²) in [6.07, 6.45) is -1.16. The normalized spacial score (nSPS) is 11.5. The molecule has 12 nitrogen and oxygen atoms in total. The van der Waals surface area contributed by atoms with Crippen molar-refractivity contribution in [3.8, 4) is 11.4 Å². The van der Waals surface area contributed by atoms with Crippen LogP contribution in [0.5, 0.6) is 5.75 Å². The van der Waals surface area contributed by atoms with Crippen LogP contribution in [0, 0.1) is 24.0 Å². The highest BCUT2D eigenvalue weighted by Crippen LogP contribution is 2.29. The Morgan fingerprint density at radius 1 is 1.24 bits per heavy atom. The lowest BCUT2D eigenvalue weighted by Gasteiger charge is -2.15. The number of non-ortho nitro benzene ring substituents is 1. The predicted octanol–water partition coefficient (Wildman–Crippen LogP) is 2.86. The molecule has 13 heteroatoms. The number of ether oxygens (including phenoxy) is 2. The quantitative estimate of drug-likeness (QED) is 0.207. The van der Waals surface area contributed by atoms with Gasteiger partial charge in [0.25, 0.3) is 11.6 Å². The molecule has 1 aromatic heterocycles. The van der Waals surface area contributed by atoms with Crippen molar-refractivity contribution >= 4 is 35.0 Å². The van der Waals surface area contributed by atoms with Crippen LogP contribution in [0.15, 0.2) is 41.6 Å². The molecule has 1 heterocycles. The molecule has 0 saturated heterocycles. The van der Waals surface area contributed by atoms with Crippen molar-refractivity contribution in [2.45, 2.75) is 32.0 Å². The average Bonchev–Trinajstić information content (AvgIpc) is 3.27. The molecule has 178 valence electrons. The molecule has 3 rings (SSSR count). The van der Waals surface area contributed by atoms with Gasteiger partial charge < -0.3 is 14.8 Å². The van der Waals surface area contributed by atoms with Crippen LogP contribution in [0.2, 0.25) is 0 Å². The molecule has 0 saturated carbocycles. The zero-order chi connectivity index (χ0) is 24.8. The van der Waals surface area contributed by atoms with Gasteiger partial charge in [-0.3, -0.25) is 19.7 Å². The largest absolute Gasteiger partial charge is 0.495 e. The Balaban J connectivity index is 1.61. The van der Waals surface area contributed by atoms with Gasteiger partial charge in [0.15, 0.2) is 6.10 Å². The average molecular weight is 487 g/mol. The molecule has 0 aliphatic rings. The number of nitrogens with one attached hydrogen (secondary N) is 1. The van der Waals surface area contributed by atoms with E-state index in [4.69, 9.17) is 9.47 Å². The van der Waals surface area contributed by atoms with Crippen molar-refractivity contribution in [1.29, 1.82) is 0 Å². The lowest BCUT2D eigenvalue weighted by atomic mass is 10.1. The number of nitro benzene ring substituents is 1. The van der Waals surface area contributed by atoms with Crippen LogP contribution >= 0.6 is 11.8 Å². The zero-order valence-electron chi connectivity index (χ0n) is 18.8. The highest BCUT2D eigenvalue weighted by Gasteiger charge is 2.22. The van der Waals surface area contributed by atoms with E-state index in [0.29, 0.717) is 5.16 Å². The number of carbonyl (C=O) groups excluding carboxylic acids is 2. The van der Waals surface area contributed by atoms with E-state index in [1.54, 1.807) is 0 Å². The summed E-state index contributed by atoms with van der Waals surface area (Å²) in [5.74, 6) is -1.24. The number of hydrogen-bond donors (Lipinski definition) is 1. The number of nitro groups is 1. The number of tetrazole rings is 1. The molecule has 0 fully saturated rings. The molecule has 0 aliphatic carbocycles. The minimum absolute atomic E-state index is 0.0895. The fourth-order valence-electron chi connectivity index (χ4n) is 2.92. The molecule has 34 heavy (non-hydrogen) atoms. The number of benzene rings is 2. The second-order valence-electron chi connectivity index (χ2n) is 7.21. The lowest BCUT2D eigenvalue weighted by molar-refractivity contribution is -0.384. The molecule has 0 radical (unpaired) electrons. The van der Waals surface area contributed by atoms with Crippen molar-refractivity contribution in [1.82, 2.24) is 20.2 Å². The van der Waals surface area contributed by atoms with E-state index in [0.717, 1.165) is 34.6 Å². The van der Waals surface area contributed by atoms with Crippen LogP contribution in [-0.2, 0) is 14.3 Å². The van der Waals surface area contributed by atoms with Crippen molar-refractivity contribution in [3.63, 3.8) is 0 Å². The summed E-state index contributed by atoms with van der Waals surface area (Å²) in [4.78, 5) is 35.2. The van der Waals surface area contributed by atoms with E-state index in [9.17, 15) is 19.7 Å². The molecule has 1 atom stereocenters. The standard InChI is InChI=1S/C21H22N6O6S/c1-12-5-6-13(2)17(9-12)26-21(23-24-25-26)34-11-19(28)33-14(3)20(29)22-16-10-15(27(30)31)7-8-18(16)32-4/h5-10,14H,11H2,1-4H3,(H,22,29)/t14-/m1/s1. The summed E-state index contributed by atoms with van der Waals surface area (Å²) >= 11 is 1.07. The number of carbonyl (C=O) groups is 2. The monoisotopic (exact) mass is 486 g/mol. The molecule has 0 unspecified atom stereocenters. The fourth-order valence-corrected chi connectivity index (χ4v) is 3.58. The molecule has 1 N–H and O–H groups in total. The van der Waals surface area contributed by atoms with E-state index in [1.807, 2.05) is 32.0 Å². The Hall–Kier alpha value is -4.00. The first-order chi connectivity index (χ1) is 16.2. The van der Waals surface area contributed by atoms with E-state index < -0.39 is 22.9 Å². The maximum atomic E-state index is 12.5. The number of esters is 1. The number of aromatic nitrogens is 4. The molecule has 3 aromatic rings. The first-order valence-corrected chi connectivity index (χ1v) is 11.0. The van der Waals surface area contributed by atoms with Gasteiger partial charge in [-0.15, -0.1) is 5.10 Å². The Bertz CT molecular complexity index is 1230. The molecular weight excluding hydrogens is 464 g/mol. The summed E-state index contributed by atoms with van der Waals surface area (Å²) in [5, 5.41) is 25.5. The van der Waals surface area contributed by atoms with Crippen molar-refractivity contribution < 1.29 is 24.0 Å². The number of hydrogen-bond acceptors (Lipinski definition) is 10. The van der Waals surface area contributed by atoms with Crippen LogP contribution in [0.4, 0.5) is 11.4 Å². The number of nitrogens with zero attached hydrogens (tertiary/aromatic N) is 5. The van der Waals surface area contributed by atoms with Gasteiger partial charge in [0.1, 0.15) is 5.75 Å². The Morgan fingerprint density at radius 3 is 2.71 bits per heavy atom. The van der Waals surface area contributed by atoms with E-state index >= 15 is 0 Å². The number of amides is 1. The molecule has 1 amide bonds. The number of thioether (sulfide) groups is 1. The molecular formula is C21H22N6O6S. The third-order valence-electron chi connectivity index (χ3n) is 4.68. The van der Waals surface area contributed by atoms with Gasteiger partial charge in [-0.25, -0.2) is 0 Å². The second kappa shape index (κ2) is 10.7. The second-order valence-corrected chi connectivity index (χ2v) is 8.16. The van der Waals surface area contributed by atoms with E-state index in [1.165, 1.54) is 30.8 Å². The van der Waals surface area contributed by atoms with Crippen LogP contribution in [0.1, 0.15) is 18.1 Å². The third kappa shape index (κ3) is 5.86. The van der Waals surface area contributed by atoms with E-state index in [-0.39, 0.29) is 22.9 Å². The summed E-state index contributed by atoms with van der Waals surface area (Å²) in [7, 11) is 1.36. The number of methoxy groups -OCH3 is 1. The molecule has 0 spiro atoms. The number of rotatable bonds is 9. The minimum Gasteiger partial charge on any atom is -0.495 e. The minimum atomic E-state index is -1.16. The van der Waals surface area contributed by atoms with Crippen LogP contribution < -0.4 is 10.1 Å². The van der Waals surface area contributed by atoms with Gasteiger partial charge in [-0.05, 0) is 54.5 Å². The highest BCUT2D eigenvalue weighted by atomic mass is 32.2. The van der Waals surface area contributed by atoms with Crippen LogP contribution in [-0.4, -0.2) is 56.0 Å². The van der Waals surface area contributed by atoms with E-state index in [2.05, 4.69) is 20.8 Å². The Labute approximate surface area is 198 Å². The lowest BCUT2D eigenvalue weighted by Crippen LogP contribution is -2.30. The van der Waals surface area contributed by atoms with Crippen molar-refractivity contribution in [2.24, 2.45) is 0 Å². The zero-order valence-corrected chi connectivity index (χ0v) is 19.7. The smallest absolute Gasteiger partial charge is 0.317 e. The van der Waals surface area contributed by atoms with Gasteiger partial charge in [0.05, 0.1) is 29.2 Å². The van der Waals surface area contributed by atoms with Gasteiger partial charge >= 0.3 is 5.97 Å². The topological polar surface area (TPSA) is 151 Å². The highest BCUT2D eigenvalue weighted by molar-refractivity contribution is 7.99. The molecule has 0 aliphatic heterocycles. The maximum absolute atomic E-state index is 12.5. The Morgan fingerprint density at radius 2 is 2.00 bits per heavy atom.